The molecule has 0 aromatic heterocycles. The Morgan fingerprint density at radius 2 is 1.20 bits per heavy atom. The zero-order valence-electron chi connectivity index (χ0n) is 8.87. The molecule has 0 atom stereocenters. The molecule has 2 rings (SSSR count). The Labute approximate surface area is 106 Å². The minimum absolute atomic E-state index is 0. The molecular weight excluding hydrogens is 352 g/mol. The fourth-order valence-corrected chi connectivity index (χ4v) is 1.47. The van der Waals surface area contributed by atoms with Crippen LogP contribution in [0.3, 0.4) is 0 Å². The average Bonchev–Trinajstić information content (AvgIpc) is 2.18. The van der Waals surface area contributed by atoms with Crippen LogP contribution in [0.25, 0.3) is 11.1 Å². The van der Waals surface area contributed by atoms with Crippen molar-refractivity contribution in [1.82, 2.24) is 0 Å². The molecule has 74 valence electrons. The molecule has 0 saturated heterocycles. The molecule has 0 radical (unpaired) electrons. The quantitative estimate of drug-likeness (QED) is 0.679. The van der Waals surface area contributed by atoms with Gasteiger partial charge in [-0.05, 0) is 0 Å². The molecule has 0 spiro atoms. The smallest absolute Gasteiger partial charge is 0.226 e. The van der Waals surface area contributed by atoms with Gasteiger partial charge in [0.25, 0.3) is 0 Å². The summed E-state index contributed by atoms with van der Waals surface area (Å²) < 4.78 is 0. The number of rotatable bonds is 1. The molecule has 2 aromatic rings. The van der Waals surface area contributed by atoms with E-state index in [1.807, 2.05) is 12.1 Å². The second-order valence-corrected chi connectivity index (χ2v) is 3.56. The summed E-state index contributed by atoms with van der Waals surface area (Å²) >= 11 is 0. The maximum atomic E-state index is 3.22. The van der Waals surface area contributed by atoms with E-state index in [2.05, 4.69) is 50.2 Å². The molecule has 15 heavy (non-hydrogen) atoms. The summed E-state index contributed by atoms with van der Waals surface area (Å²) in [6.45, 7) is 4.18. The number of aryl methyl sites for hydroxylation is 2. The SMILES string of the molecule is Cc1cc[c-]c(-c2[c-]ccc(C)c2)c1.[W+2]. The van der Waals surface area contributed by atoms with E-state index in [0.29, 0.717) is 0 Å². The van der Waals surface area contributed by atoms with Gasteiger partial charge in [-0.1, -0.05) is 13.8 Å². The van der Waals surface area contributed by atoms with Gasteiger partial charge in [-0.15, -0.1) is 23.3 Å². The third kappa shape index (κ3) is 3.04. The van der Waals surface area contributed by atoms with Crippen LogP contribution in [0.2, 0.25) is 0 Å². The van der Waals surface area contributed by atoms with Gasteiger partial charge in [0.15, 0.2) is 0 Å². The van der Waals surface area contributed by atoms with Crippen LogP contribution in [0.1, 0.15) is 11.1 Å². The van der Waals surface area contributed by atoms with Gasteiger partial charge in [0.05, 0.1) is 0 Å². The number of benzene rings is 2. The van der Waals surface area contributed by atoms with E-state index in [9.17, 15) is 0 Å². The monoisotopic (exact) mass is 364 g/mol. The minimum atomic E-state index is 0. The van der Waals surface area contributed by atoms with E-state index in [-0.39, 0.29) is 21.1 Å². The molecule has 0 nitrogen and oxygen atoms in total. The van der Waals surface area contributed by atoms with Crippen LogP contribution in [-0.2, 0) is 21.1 Å². The van der Waals surface area contributed by atoms with E-state index in [0.717, 1.165) is 11.1 Å². The third-order valence-electron chi connectivity index (χ3n) is 2.20. The standard InChI is InChI=1S/C14H12.W/c1-11-5-3-7-13(9-11)14-8-4-6-12(2)10-14;/h3-6,9-10H,1-2H3;/q-2;+2. The summed E-state index contributed by atoms with van der Waals surface area (Å²) in [6, 6.07) is 18.7. The van der Waals surface area contributed by atoms with Crippen LogP contribution >= 0.6 is 0 Å². The van der Waals surface area contributed by atoms with Gasteiger partial charge >= 0.3 is 21.1 Å². The number of hydrogen-bond acceptors (Lipinski definition) is 0. The molecule has 1 heteroatoms. The Morgan fingerprint density at radius 1 is 0.800 bits per heavy atom. The van der Waals surface area contributed by atoms with Crippen LogP contribution in [-0.4, -0.2) is 0 Å². The van der Waals surface area contributed by atoms with Crippen LogP contribution in [0, 0.1) is 26.0 Å². The minimum Gasteiger partial charge on any atom is -0.226 e. The Hall–Kier alpha value is -0.872. The molecule has 0 unspecified atom stereocenters. The maximum Gasteiger partial charge on any atom is 2.00 e. The molecule has 0 amide bonds. The Bertz CT molecular complexity index is 403. The van der Waals surface area contributed by atoms with Crippen LogP contribution in [0.4, 0.5) is 0 Å². The molecule has 0 aliphatic rings. The van der Waals surface area contributed by atoms with Gasteiger partial charge in [0, 0.05) is 0 Å². The molecule has 0 aliphatic carbocycles. The van der Waals surface area contributed by atoms with Crippen molar-refractivity contribution in [3.8, 4) is 11.1 Å². The Balaban J connectivity index is 0.00000112. The van der Waals surface area contributed by atoms with Crippen molar-refractivity contribution in [2.24, 2.45) is 0 Å². The Kier molecular flexibility index (Phi) is 4.29. The van der Waals surface area contributed by atoms with E-state index in [1.54, 1.807) is 0 Å². The first kappa shape index (κ1) is 12.2. The molecule has 2 aromatic carbocycles. The summed E-state index contributed by atoms with van der Waals surface area (Å²) in [6.07, 6.45) is 0. The molecule has 0 heterocycles. The van der Waals surface area contributed by atoms with Gasteiger partial charge < -0.3 is 0 Å². The first-order valence-electron chi connectivity index (χ1n) is 4.73. The maximum absolute atomic E-state index is 3.22. The summed E-state index contributed by atoms with van der Waals surface area (Å²) in [5.74, 6) is 0. The summed E-state index contributed by atoms with van der Waals surface area (Å²) in [5, 5.41) is 0. The van der Waals surface area contributed by atoms with Crippen molar-refractivity contribution >= 4 is 0 Å². The van der Waals surface area contributed by atoms with Crippen LogP contribution in [0.15, 0.2) is 36.4 Å². The van der Waals surface area contributed by atoms with E-state index in [4.69, 9.17) is 0 Å². The molecule has 0 N–H and O–H groups in total. The molecular formula is C14H12W. The van der Waals surface area contributed by atoms with Gasteiger partial charge in [-0.2, -0.15) is 36.4 Å². The van der Waals surface area contributed by atoms with Crippen molar-refractivity contribution in [3.63, 3.8) is 0 Å². The predicted molar refractivity (Wildman–Crippen MR) is 59.0 cm³/mol. The van der Waals surface area contributed by atoms with Gasteiger partial charge in [0.2, 0.25) is 0 Å². The summed E-state index contributed by atoms with van der Waals surface area (Å²) in [5.41, 5.74) is 4.75. The van der Waals surface area contributed by atoms with E-state index in [1.165, 1.54) is 11.1 Å². The Morgan fingerprint density at radius 3 is 1.53 bits per heavy atom. The zero-order chi connectivity index (χ0) is 9.97. The predicted octanol–water partition coefficient (Wildman–Crippen LogP) is 3.57. The second kappa shape index (κ2) is 5.28. The topological polar surface area (TPSA) is 0 Å². The fraction of sp³-hybridized carbons (Fsp3) is 0.143. The van der Waals surface area contributed by atoms with E-state index < -0.39 is 0 Å². The zero-order valence-corrected chi connectivity index (χ0v) is 11.8. The van der Waals surface area contributed by atoms with Crippen molar-refractivity contribution in [2.45, 2.75) is 13.8 Å². The van der Waals surface area contributed by atoms with E-state index >= 15 is 0 Å². The van der Waals surface area contributed by atoms with Crippen molar-refractivity contribution in [2.75, 3.05) is 0 Å². The van der Waals surface area contributed by atoms with Crippen molar-refractivity contribution < 1.29 is 21.1 Å². The molecule has 0 saturated carbocycles. The molecule has 0 fully saturated rings. The van der Waals surface area contributed by atoms with Crippen molar-refractivity contribution in [1.29, 1.82) is 0 Å². The van der Waals surface area contributed by atoms with Gasteiger partial charge in [0.1, 0.15) is 0 Å². The number of hydrogen-bond donors (Lipinski definition) is 0. The first-order chi connectivity index (χ1) is 6.75. The van der Waals surface area contributed by atoms with Crippen LogP contribution in [0.5, 0.6) is 0 Å². The molecule has 0 aliphatic heterocycles. The fourth-order valence-electron chi connectivity index (χ4n) is 1.47. The first-order valence-corrected chi connectivity index (χ1v) is 4.73. The normalized spacial score (nSPS) is 9.47. The van der Waals surface area contributed by atoms with Crippen LogP contribution < -0.4 is 0 Å². The molecule has 0 bridgehead atoms. The second-order valence-electron chi connectivity index (χ2n) is 3.56. The third-order valence-corrected chi connectivity index (χ3v) is 2.20. The summed E-state index contributed by atoms with van der Waals surface area (Å²) in [7, 11) is 0. The van der Waals surface area contributed by atoms with Gasteiger partial charge in [-0.25, -0.2) is 11.1 Å². The van der Waals surface area contributed by atoms with Gasteiger partial charge in [-0.3, -0.25) is 0 Å². The average molecular weight is 364 g/mol. The summed E-state index contributed by atoms with van der Waals surface area (Å²) in [4.78, 5) is 0. The largest absolute Gasteiger partial charge is 2.00 e. The van der Waals surface area contributed by atoms with Crippen molar-refractivity contribution in [3.05, 3.63) is 59.7 Å².